The molecule has 27 heavy (non-hydrogen) atoms. The number of hydrogen-bond donors (Lipinski definition) is 2. The Morgan fingerprint density at radius 2 is 1.85 bits per heavy atom. The second-order valence-corrected chi connectivity index (χ2v) is 8.15. The molecule has 8 heteroatoms. The van der Waals surface area contributed by atoms with Gasteiger partial charge in [0.25, 0.3) is 0 Å². The number of benzene rings is 2. The minimum atomic E-state index is -3.62. The normalized spacial score (nSPS) is 16.1. The Balaban J connectivity index is 0.00000261. The van der Waals surface area contributed by atoms with Gasteiger partial charge in [0.05, 0.1) is 4.90 Å². The molecule has 1 heterocycles. The minimum absolute atomic E-state index is 0. The fourth-order valence-electron chi connectivity index (χ4n) is 3.08. The molecule has 1 aliphatic rings. The van der Waals surface area contributed by atoms with Crippen LogP contribution in [0.3, 0.4) is 0 Å². The van der Waals surface area contributed by atoms with Gasteiger partial charge >= 0.3 is 0 Å². The third kappa shape index (κ3) is 4.87. The predicted octanol–water partition coefficient (Wildman–Crippen LogP) is 2.26. The van der Waals surface area contributed by atoms with Crippen molar-refractivity contribution in [2.75, 3.05) is 25.0 Å². The van der Waals surface area contributed by atoms with Crippen LogP contribution in [0.25, 0.3) is 0 Å². The summed E-state index contributed by atoms with van der Waals surface area (Å²) in [5.74, 6) is -0.110. The van der Waals surface area contributed by atoms with Crippen molar-refractivity contribution in [2.24, 2.45) is 0 Å². The van der Waals surface area contributed by atoms with Crippen LogP contribution in [0.5, 0.6) is 0 Å². The van der Waals surface area contributed by atoms with Gasteiger partial charge in [0.2, 0.25) is 15.9 Å². The molecule has 3 rings (SSSR count). The zero-order valence-corrected chi connectivity index (χ0v) is 16.9. The lowest BCUT2D eigenvalue weighted by atomic mass is 9.95. The first-order valence-electron chi connectivity index (χ1n) is 8.54. The van der Waals surface area contributed by atoms with Crippen LogP contribution >= 0.6 is 12.4 Å². The zero-order valence-electron chi connectivity index (χ0n) is 15.3. The quantitative estimate of drug-likeness (QED) is 0.793. The largest absolute Gasteiger partial charge is 0.316 e. The summed E-state index contributed by atoms with van der Waals surface area (Å²) >= 11 is 0. The number of anilines is 1. The van der Waals surface area contributed by atoms with E-state index in [1.54, 1.807) is 19.2 Å². The number of nitrogens with one attached hydrogen (secondary N) is 2. The molecule has 2 aromatic rings. The average Bonchev–Trinajstić information content (AvgIpc) is 2.65. The Bertz CT molecular complexity index is 901. The molecule has 0 aromatic heterocycles. The van der Waals surface area contributed by atoms with E-state index in [0.29, 0.717) is 5.69 Å². The summed E-state index contributed by atoms with van der Waals surface area (Å²) in [6.07, 6.45) is 0.949. The first kappa shape index (κ1) is 21.4. The molecule has 1 amide bonds. The van der Waals surface area contributed by atoms with Crippen molar-refractivity contribution < 1.29 is 13.2 Å². The van der Waals surface area contributed by atoms with Crippen molar-refractivity contribution in [2.45, 2.75) is 24.3 Å². The van der Waals surface area contributed by atoms with Crippen molar-refractivity contribution in [3.63, 3.8) is 0 Å². The number of hydrogen-bond acceptors (Lipinski definition) is 4. The molecule has 2 N–H and O–H groups in total. The number of carbonyl (C=O) groups excluding carboxylic acids is 1. The topological polar surface area (TPSA) is 78.5 Å². The molecule has 0 saturated heterocycles. The molecular formula is C19H24ClN3O3S. The summed E-state index contributed by atoms with van der Waals surface area (Å²) in [5, 5.41) is 3.36. The third-order valence-corrected chi connectivity index (χ3v) is 6.14. The monoisotopic (exact) mass is 409 g/mol. The van der Waals surface area contributed by atoms with Gasteiger partial charge in [-0.05, 0) is 48.4 Å². The second kappa shape index (κ2) is 8.84. The molecule has 146 valence electrons. The number of fused-ring (bicyclic) bond motifs is 1. The molecule has 0 saturated carbocycles. The molecule has 2 aromatic carbocycles. The lowest BCUT2D eigenvalue weighted by Gasteiger charge is -2.27. The lowest BCUT2D eigenvalue weighted by molar-refractivity contribution is -0.116. The van der Waals surface area contributed by atoms with Crippen LogP contribution in [0.2, 0.25) is 0 Å². The van der Waals surface area contributed by atoms with Gasteiger partial charge in [0.15, 0.2) is 0 Å². The van der Waals surface area contributed by atoms with Crippen LogP contribution in [0, 0.1) is 0 Å². The van der Waals surface area contributed by atoms with Crippen molar-refractivity contribution in [1.82, 2.24) is 10.0 Å². The smallest absolute Gasteiger partial charge is 0.240 e. The summed E-state index contributed by atoms with van der Waals surface area (Å²) in [6, 6.07) is 14.3. The molecule has 1 atom stereocenters. The predicted molar refractivity (Wildman–Crippen MR) is 109 cm³/mol. The van der Waals surface area contributed by atoms with E-state index in [1.165, 1.54) is 29.5 Å². The molecule has 0 aliphatic carbocycles. The lowest BCUT2D eigenvalue weighted by Crippen LogP contribution is -2.38. The maximum atomic E-state index is 12.6. The standard InChI is InChI=1S/C19H23N3O3S.ClH/c1-14(23)22(2)16-7-9-17(10-8-16)26(24,25)21-13-19-18-6-4-3-5-15(18)11-12-20-19;/h3-10,19-21H,11-13H2,1-2H3;1H. The van der Waals surface area contributed by atoms with Gasteiger partial charge in [0, 0.05) is 32.2 Å². The zero-order chi connectivity index (χ0) is 18.7. The summed E-state index contributed by atoms with van der Waals surface area (Å²) in [4.78, 5) is 13.0. The maximum Gasteiger partial charge on any atom is 0.240 e. The molecule has 1 aliphatic heterocycles. The molecule has 6 nitrogen and oxygen atoms in total. The van der Waals surface area contributed by atoms with Crippen molar-refractivity contribution in [3.05, 3.63) is 59.7 Å². The highest BCUT2D eigenvalue weighted by Gasteiger charge is 2.22. The van der Waals surface area contributed by atoms with Gasteiger partial charge in [-0.1, -0.05) is 24.3 Å². The van der Waals surface area contributed by atoms with Crippen LogP contribution in [0.4, 0.5) is 5.69 Å². The molecule has 0 fully saturated rings. The van der Waals surface area contributed by atoms with Crippen LogP contribution in [-0.4, -0.2) is 34.5 Å². The summed E-state index contributed by atoms with van der Waals surface area (Å²) in [5.41, 5.74) is 3.05. The summed E-state index contributed by atoms with van der Waals surface area (Å²) < 4.78 is 27.9. The van der Waals surface area contributed by atoms with Gasteiger partial charge in [-0.15, -0.1) is 12.4 Å². The van der Waals surface area contributed by atoms with Gasteiger partial charge in [-0.25, -0.2) is 13.1 Å². The highest BCUT2D eigenvalue weighted by atomic mass is 35.5. The van der Waals surface area contributed by atoms with E-state index in [-0.39, 0.29) is 35.8 Å². The van der Waals surface area contributed by atoms with E-state index in [1.807, 2.05) is 18.2 Å². The fourth-order valence-corrected chi connectivity index (χ4v) is 4.13. The second-order valence-electron chi connectivity index (χ2n) is 6.38. The third-order valence-electron chi connectivity index (χ3n) is 4.70. The summed E-state index contributed by atoms with van der Waals surface area (Å²) in [6.45, 7) is 2.57. The maximum absolute atomic E-state index is 12.6. The van der Waals surface area contributed by atoms with Crippen LogP contribution < -0.4 is 14.9 Å². The Kier molecular flexibility index (Phi) is 7.00. The minimum Gasteiger partial charge on any atom is -0.316 e. The Morgan fingerprint density at radius 1 is 1.19 bits per heavy atom. The molecule has 1 unspecified atom stereocenters. The number of rotatable bonds is 5. The van der Waals surface area contributed by atoms with Crippen molar-refractivity contribution in [1.29, 1.82) is 0 Å². The highest BCUT2D eigenvalue weighted by molar-refractivity contribution is 7.89. The van der Waals surface area contributed by atoms with Gasteiger partial charge in [0.1, 0.15) is 0 Å². The van der Waals surface area contributed by atoms with E-state index in [9.17, 15) is 13.2 Å². The van der Waals surface area contributed by atoms with Crippen LogP contribution in [0.15, 0.2) is 53.4 Å². The number of sulfonamides is 1. The van der Waals surface area contributed by atoms with Crippen molar-refractivity contribution in [3.8, 4) is 0 Å². The first-order chi connectivity index (χ1) is 12.4. The van der Waals surface area contributed by atoms with Gasteiger partial charge in [-0.2, -0.15) is 0 Å². The van der Waals surface area contributed by atoms with Gasteiger partial charge < -0.3 is 10.2 Å². The SMILES string of the molecule is CC(=O)N(C)c1ccc(S(=O)(=O)NCC2NCCc3ccccc32)cc1.Cl. The van der Waals surface area contributed by atoms with Gasteiger partial charge in [-0.3, -0.25) is 4.79 Å². The van der Waals surface area contributed by atoms with E-state index in [0.717, 1.165) is 18.5 Å². The molecule has 0 spiro atoms. The number of halogens is 1. The number of nitrogens with zero attached hydrogens (tertiary/aromatic N) is 1. The average molecular weight is 410 g/mol. The fraction of sp³-hybridized carbons (Fsp3) is 0.316. The first-order valence-corrected chi connectivity index (χ1v) is 10.0. The van der Waals surface area contributed by atoms with E-state index >= 15 is 0 Å². The van der Waals surface area contributed by atoms with E-state index in [2.05, 4.69) is 16.1 Å². The molecular weight excluding hydrogens is 386 g/mol. The van der Waals surface area contributed by atoms with Crippen LogP contribution in [-0.2, 0) is 21.2 Å². The van der Waals surface area contributed by atoms with E-state index < -0.39 is 10.0 Å². The van der Waals surface area contributed by atoms with Crippen molar-refractivity contribution >= 4 is 34.0 Å². The Morgan fingerprint density at radius 3 is 2.52 bits per heavy atom. The van der Waals surface area contributed by atoms with E-state index in [4.69, 9.17) is 0 Å². The van der Waals surface area contributed by atoms with Crippen LogP contribution in [0.1, 0.15) is 24.1 Å². The number of amides is 1. The Hall–Kier alpha value is -1.93. The Labute approximate surface area is 166 Å². The summed E-state index contributed by atoms with van der Waals surface area (Å²) in [7, 11) is -1.97. The molecule has 0 radical (unpaired) electrons. The molecule has 0 bridgehead atoms. The highest BCUT2D eigenvalue weighted by Crippen LogP contribution is 2.23. The number of carbonyl (C=O) groups is 1.